The standard InChI is InChI=1S/C26H32N2O2S/c1-7-9-11-28-22-14-23-18(12-19(22)16(3)15-26(28,5)6)13-20(25(29)30-23)24-27-21(10-8-2)17(4)31-24/h8,10,12-14,16H,7,9,11,15H2,1-6H3/b10-8-. The molecule has 0 saturated carbocycles. The molecule has 0 bridgehead atoms. The minimum Gasteiger partial charge on any atom is -0.422 e. The highest BCUT2D eigenvalue weighted by atomic mass is 32.1. The minimum atomic E-state index is -0.323. The lowest BCUT2D eigenvalue weighted by molar-refractivity contribution is 0.374. The molecule has 3 heterocycles. The predicted molar refractivity (Wildman–Crippen MR) is 132 cm³/mol. The second kappa shape index (κ2) is 8.27. The van der Waals surface area contributed by atoms with Crippen molar-refractivity contribution in [3.63, 3.8) is 0 Å². The van der Waals surface area contributed by atoms with Gasteiger partial charge < -0.3 is 9.32 Å². The van der Waals surface area contributed by atoms with Gasteiger partial charge in [-0.2, -0.15) is 0 Å². The van der Waals surface area contributed by atoms with Crippen LogP contribution in [0.3, 0.4) is 0 Å². The number of allylic oxidation sites excluding steroid dienone is 1. The molecule has 5 heteroatoms. The van der Waals surface area contributed by atoms with E-state index in [4.69, 9.17) is 4.42 Å². The van der Waals surface area contributed by atoms with Crippen LogP contribution in [0.5, 0.6) is 0 Å². The first kappa shape index (κ1) is 21.8. The smallest absolute Gasteiger partial charge is 0.346 e. The summed E-state index contributed by atoms with van der Waals surface area (Å²) in [5, 5.41) is 1.69. The van der Waals surface area contributed by atoms with Gasteiger partial charge in [0.15, 0.2) is 0 Å². The molecule has 2 aromatic heterocycles. The molecule has 0 spiro atoms. The average Bonchev–Trinajstić information content (AvgIpc) is 3.06. The van der Waals surface area contributed by atoms with E-state index >= 15 is 0 Å². The lowest BCUT2D eigenvalue weighted by Crippen LogP contribution is -2.48. The quantitative estimate of drug-likeness (QED) is 0.398. The van der Waals surface area contributed by atoms with Gasteiger partial charge in [-0.1, -0.05) is 26.3 Å². The van der Waals surface area contributed by atoms with Crippen molar-refractivity contribution < 1.29 is 4.42 Å². The Labute approximate surface area is 188 Å². The average molecular weight is 437 g/mol. The summed E-state index contributed by atoms with van der Waals surface area (Å²) in [6, 6.07) is 6.27. The molecule has 0 amide bonds. The van der Waals surface area contributed by atoms with Crippen LogP contribution in [0, 0.1) is 6.92 Å². The maximum Gasteiger partial charge on any atom is 0.346 e. The maximum absolute atomic E-state index is 12.9. The van der Waals surface area contributed by atoms with E-state index in [0.717, 1.165) is 46.8 Å². The first-order valence-corrected chi connectivity index (χ1v) is 12.1. The molecule has 0 radical (unpaired) electrons. The molecule has 164 valence electrons. The van der Waals surface area contributed by atoms with Crippen LogP contribution >= 0.6 is 11.3 Å². The third-order valence-corrected chi connectivity index (χ3v) is 7.38. The van der Waals surface area contributed by atoms with Gasteiger partial charge in [0.25, 0.3) is 0 Å². The number of anilines is 1. The molecular formula is C26H32N2O2S. The van der Waals surface area contributed by atoms with Crippen LogP contribution in [0.15, 0.2) is 33.5 Å². The third-order valence-electron chi connectivity index (χ3n) is 6.36. The van der Waals surface area contributed by atoms with E-state index in [2.05, 4.69) is 49.7 Å². The Bertz CT molecular complexity index is 1200. The molecule has 3 aromatic rings. The number of hydrogen-bond donors (Lipinski definition) is 0. The summed E-state index contributed by atoms with van der Waals surface area (Å²) in [6.45, 7) is 14.2. The van der Waals surface area contributed by atoms with Crippen LogP contribution in [0.4, 0.5) is 5.69 Å². The van der Waals surface area contributed by atoms with Gasteiger partial charge in [0, 0.05) is 34.1 Å². The van der Waals surface area contributed by atoms with Gasteiger partial charge in [0.05, 0.1) is 11.3 Å². The predicted octanol–water partition coefficient (Wildman–Crippen LogP) is 7.15. The monoisotopic (exact) mass is 436 g/mol. The summed E-state index contributed by atoms with van der Waals surface area (Å²) in [4.78, 5) is 21.2. The number of fused-ring (bicyclic) bond motifs is 2. The zero-order valence-corrected chi connectivity index (χ0v) is 20.2. The van der Waals surface area contributed by atoms with E-state index in [9.17, 15) is 4.79 Å². The van der Waals surface area contributed by atoms with E-state index < -0.39 is 0 Å². The Morgan fingerprint density at radius 2 is 2.10 bits per heavy atom. The first-order valence-electron chi connectivity index (χ1n) is 11.2. The number of unbranched alkanes of at least 4 members (excludes halogenated alkanes) is 1. The number of rotatable bonds is 5. The molecule has 4 rings (SSSR count). The highest BCUT2D eigenvalue weighted by Gasteiger charge is 2.36. The van der Waals surface area contributed by atoms with E-state index in [1.54, 1.807) is 0 Å². The van der Waals surface area contributed by atoms with Crippen molar-refractivity contribution >= 4 is 34.1 Å². The van der Waals surface area contributed by atoms with Crippen molar-refractivity contribution in [2.75, 3.05) is 11.4 Å². The Balaban J connectivity index is 1.86. The van der Waals surface area contributed by atoms with Crippen molar-refractivity contribution in [1.29, 1.82) is 0 Å². The molecular weight excluding hydrogens is 404 g/mol. The zero-order chi connectivity index (χ0) is 22.3. The fourth-order valence-corrected chi connectivity index (χ4v) is 5.73. The van der Waals surface area contributed by atoms with E-state index in [-0.39, 0.29) is 11.2 Å². The first-order chi connectivity index (χ1) is 14.7. The largest absolute Gasteiger partial charge is 0.422 e. The molecule has 0 fully saturated rings. The van der Waals surface area contributed by atoms with E-state index in [0.29, 0.717) is 17.1 Å². The highest BCUT2D eigenvalue weighted by Crippen LogP contribution is 2.45. The molecule has 1 unspecified atom stereocenters. The molecule has 0 N–H and O–H groups in total. The summed E-state index contributed by atoms with van der Waals surface area (Å²) >= 11 is 1.54. The van der Waals surface area contributed by atoms with Gasteiger partial charge >= 0.3 is 5.63 Å². The summed E-state index contributed by atoms with van der Waals surface area (Å²) in [5.74, 6) is 0.450. The second-order valence-electron chi connectivity index (χ2n) is 9.28. The van der Waals surface area contributed by atoms with Gasteiger partial charge in [0.2, 0.25) is 0 Å². The Morgan fingerprint density at radius 1 is 1.32 bits per heavy atom. The van der Waals surface area contributed by atoms with E-state index in [1.165, 1.54) is 22.6 Å². The third kappa shape index (κ3) is 3.96. The van der Waals surface area contributed by atoms with Gasteiger partial charge in [-0.25, -0.2) is 9.78 Å². The van der Waals surface area contributed by atoms with Crippen molar-refractivity contribution in [3.05, 3.63) is 50.8 Å². The summed E-state index contributed by atoms with van der Waals surface area (Å²) < 4.78 is 5.85. The summed E-state index contributed by atoms with van der Waals surface area (Å²) in [7, 11) is 0. The number of benzene rings is 1. The van der Waals surface area contributed by atoms with Gasteiger partial charge in [-0.3, -0.25) is 0 Å². The van der Waals surface area contributed by atoms with Crippen LogP contribution in [0.1, 0.15) is 75.9 Å². The molecule has 1 aliphatic rings. The normalized spacial score (nSPS) is 18.1. The highest BCUT2D eigenvalue weighted by molar-refractivity contribution is 7.15. The fraction of sp³-hybridized carbons (Fsp3) is 0.462. The Morgan fingerprint density at radius 3 is 2.81 bits per heavy atom. The van der Waals surface area contributed by atoms with Crippen LogP contribution in [-0.4, -0.2) is 17.1 Å². The molecule has 1 aromatic carbocycles. The Kier molecular flexibility index (Phi) is 5.82. The van der Waals surface area contributed by atoms with Crippen molar-refractivity contribution in [1.82, 2.24) is 4.98 Å². The second-order valence-corrected chi connectivity index (χ2v) is 10.5. The van der Waals surface area contributed by atoms with Crippen molar-refractivity contribution in [2.24, 2.45) is 0 Å². The Hall–Kier alpha value is -2.40. The lowest BCUT2D eigenvalue weighted by Gasteiger charge is -2.47. The topological polar surface area (TPSA) is 46.3 Å². The number of nitrogens with zero attached hydrogens (tertiary/aromatic N) is 2. The van der Waals surface area contributed by atoms with Crippen LogP contribution in [-0.2, 0) is 0 Å². The SMILES string of the molecule is C/C=C\c1nc(-c2cc3cc4c(cc3oc2=O)N(CCCC)C(C)(C)CC4C)sc1C. The molecule has 0 aliphatic carbocycles. The fourth-order valence-electron chi connectivity index (χ4n) is 4.82. The maximum atomic E-state index is 12.9. The number of aryl methyl sites for hydroxylation is 1. The number of thiazole rings is 1. The van der Waals surface area contributed by atoms with Crippen LogP contribution in [0.25, 0.3) is 27.6 Å². The molecule has 4 nitrogen and oxygen atoms in total. The molecule has 0 saturated heterocycles. The van der Waals surface area contributed by atoms with Gasteiger partial charge in [-0.05, 0) is 70.2 Å². The van der Waals surface area contributed by atoms with Gasteiger partial charge in [0.1, 0.15) is 10.6 Å². The van der Waals surface area contributed by atoms with Crippen molar-refractivity contribution in [2.45, 2.75) is 72.3 Å². The van der Waals surface area contributed by atoms with E-state index in [1.807, 2.05) is 32.1 Å². The summed E-state index contributed by atoms with van der Waals surface area (Å²) in [6.07, 6.45) is 7.36. The lowest BCUT2D eigenvalue weighted by atomic mass is 9.79. The molecule has 1 aliphatic heterocycles. The number of aromatic nitrogens is 1. The zero-order valence-electron chi connectivity index (χ0n) is 19.4. The molecule has 31 heavy (non-hydrogen) atoms. The summed E-state index contributed by atoms with van der Waals surface area (Å²) in [5.41, 5.74) is 4.42. The minimum absolute atomic E-state index is 0.0805. The molecule has 1 atom stereocenters. The van der Waals surface area contributed by atoms with Crippen LogP contribution < -0.4 is 10.5 Å². The number of hydrogen-bond acceptors (Lipinski definition) is 5. The van der Waals surface area contributed by atoms with Gasteiger partial charge in [-0.15, -0.1) is 11.3 Å². The van der Waals surface area contributed by atoms with Crippen LogP contribution in [0.2, 0.25) is 0 Å². The van der Waals surface area contributed by atoms with Crippen molar-refractivity contribution in [3.8, 4) is 10.6 Å².